The first-order valence-electron chi connectivity index (χ1n) is 5.88. The zero-order valence-corrected chi connectivity index (χ0v) is 10.8. The molecule has 1 aromatic heterocycles. The van der Waals surface area contributed by atoms with Gasteiger partial charge >= 0.3 is 0 Å². The zero-order chi connectivity index (χ0) is 13.8. The van der Waals surface area contributed by atoms with Gasteiger partial charge < -0.3 is 9.84 Å². The summed E-state index contributed by atoms with van der Waals surface area (Å²) < 4.78 is 5.19. The Morgan fingerprint density at radius 1 is 1.37 bits per heavy atom. The second-order valence-electron chi connectivity index (χ2n) is 4.17. The molecule has 1 N–H and O–H groups in total. The number of rotatable bonds is 3. The van der Waals surface area contributed by atoms with E-state index in [1.807, 2.05) is 6.07 Å². The summed E-state index contributed by atoms with van der Waals surface area (Å²) >= 11 is 0. The van der Waals surface area contributed by atoms with E-state index < -0.39 is 6.10 Å². The van der Waals surface area contributed by atoms with Crippen LogP contribution in [0.1, 0.15) is 24.2 Å². The van der Waals surface area contributed by atoms with Crippen LogP contribution in [0, 0.1) is 11.3 Å². The van der Waals surface area contributed by atoms with Crippen LogP contribution in [0.5, 0.6) is 5.75 Å². The highest BCUT2D eigenvalue weighted by atomic mass is 16.5. The number of ether oxygens (including phenoxy) is 1. The Hall–Kier alpha value is -2.38. The van der Waals surface area contributed by atoms with E-state index in [1.54, 1.807) is 37.5 Å². The molecule has 96 valence electrons. The number of nitriles is 1. The molecule has 1 unspecified atom stereocenters. The van der Waals surface area contributed by atoms with Crippen molar-refractivity contribution in [3.63, 3.8) is 0 Å². The molecule has 0 fully saturated rings. The molecule has 4 heteroatoms. The first-order chi connectivity index (χ1) is 9.17. The molecule has 4 nitrogen and oxygen atoms in total. The number of nitrogens with zero attached hydrogens (tertiary/aromatic N) is 2. The van der Waals surface area contributed by atoms with Crippen LogP contribution in [0.4, 0.5) is 0 Å². The third-order valence-corrected chi connectivity index (χ3v) is 2.94. The lowest BCUT2D eigenvalue weighted by Gasteiger charge is -2.12. The molecule has 0 saturated carbocycles. The molecule has 0 aliphatic heterocycles. The molecule has 0 radical (unpaired) electrons. The summed E-state index contributed by atoms with van der Waals surface area (Å²) in [6.45, 7) is 1.71. The van der Waals surface area contributed by atoms with E-state index in [1.165, 1.54) is 7.11 Å². The number of aromatic nitrogens is 1. The van der Waals surface area contributed by atoms with Crippen molar-refractivity contribution in [2.24, 2.45) is 0 Å². The highest BCUT2D eigenvalue weighted by molar-refractivity contribution is 5.69. The van der Waals surface area contributed by atoms with E-state index in [-0.39, 0.29) is 0 Å². The maximum atomic E-state index is 9.78. The van der Waals surface area contributed by atoms with Gasteiger partial charge in [0.1, 0.15) is 11.8 Å². The minimum atomic E-state index is -0.584. The second kappa shape index (κ2) is 5.51. The van der Waals surface area contributed by atoms with Gasteiger partial charge in [0.05, 0.1) is 18.8 Å². The summed E-state index contributed by atoms with van der Waals surface area (Å²) in [6, 6.07) is 9.16. The summed E-state index contributed by atoms with van der Waals surface area (Å²) in [4.78, 5) is 4.09. The molecule has 1 atom stereocenters. The molecule has 0 aliphatic carbocycles. The number of aliphatic hydroxyl groups is 1. The standard InChI is InChI=1S/C15H14N2O2/c1-10(18)13-5-6-17-9-14(13)11-3-4-12(8-16)15(7-11)19-2/h3-7,9-10,18H,1-2H3. The van der Waals surface area contributed by atoms with Crippen LogP contribution in [0.3, 0.4) is 0 Å². The topological polar surface area (TPSA) is 66.1 Å². The van der Waals surface area contributed by atoms with Crippen LogP contribution in [-0.2, 0) is 0 Å². The van der Waals surface area contributed by atoms with E-state index in [9.17, 15) is 5.11 Å². The molecule has 1 heterocycles. The van der Waals surface area contributed by atoms with Gasteiger partial charge in [0.15, 0.2) is 0 Å². The van der Waals surface area contributed by atoms with E-state index >= 15 is 0 Å². The second-order valence-corrected chi connectivity index (χ2v) is 4.17. The Labute approximate surface area is 111 Å². The summed E-state index contributed by atoms with van der Waals surface area (Å²) in [5, 5.41) is 18.8. The molecule has 19 heavy (non-hydrogen) atoms. The van der Waals surface area contributed by atoms with Gasteiger partial charge in [-0.15, -0.1) is 0 Å². The third kappa shape index (κ3) is 2.56. The predicted octanol–water partition coefficient (Wildman–Crippen LogP) is 2.68. The van der Waals surface area contributed by atoms with Crippen LogP contribution in [0.15, 0.2) is 36.7 Å². The van der Waals surface area contributed by atoms with E-state index in [0.717, 1.165) is 16.7 Å². The normalized spacial score (nSPS) is 11.7. The first-order valence-corrected chi connectivity index (χ1v) is 5.88. The summed E-state index contributed by atoms with van der Waals surface area (Å²) in [6.07, 6.45) is 2.76. The lowest BCUT2D eigenvalue weighted by Crippen LogP contribution is -1.96. The van der Waals surface area contributed by atoms with Crippen molar-refractivity contribution in [2.45, 2.75) is 13.0 Å². The first kappa shape index (κ1) is 13.1. The molecule has 0 amide bonds. The lowest BCUT2D eigenvalue weighted by atomic mass is 9.98. The zero-order valence-electron chi connectivity index (χ0n) is 10.8. The number of hydrogen-bond donors (Lipinski definition) is 1. The number of benzene rings is 1. The smallest absolute Gasteiger partial charge is 0.137 e. The summed E-state index contributed by atoms with van der Waals surface area (Å²) in [5.41, 5.74) is 2.97. The molecular weight excluding hydrogens is 240 g/mol. The fourth-order valence-electron chi connectivity index (χ4n) is 1.96. The van der Waals surface area contributed by atoms with Gasteiger partial charge in [-0.3, -0.25) is 4.98 Å². The number of pyridine rings is 1. The molecule has 0 aliphatic rings. The molecule has 2 aromatic rings. The van der Waals surface area contributed by atoms with Gasteiger partial charge in [0.25, 0.3) is 0 Å². The van der Waals surface area contributed by atoms with Crippen molar-refractivity contribution in [3.05, 3.63) is 47.8 Å². The van der Waals surface area contributed by atoms with Crippen LogP contribution >= 0.6 is 0 Å². The quantitative estimate of drug-likeness (QED) is 0.914. The average Bonchev–Trinajstić information content (AvgIpc) is 2.46. The van der Waals surface area contributed by atoms with Crippen molar-refractivity contribution in [2.75, 3.05) is 7.11 Å². The van der Waals surface area contributed by atoms with Crippen LogP contribution < -0.4 is 4.74 Å². The Morgan fingerprint density at radius 2 is 2.16 bits per heavy atom. The molecule has 0 saturated heterocycles. The van der Waals surface area contributed by atoms with Crippen molar-refractivity contribution in [3.8, 4) is 22.9 Å². The monoisotopic (exact) mass is 254 g/mol. The van der Waals surface area contributed by atoms with Crippen LogP contribution in [-0.4, -0.2) is 17.2 Å². The Balaban J connectivity index is 2.57. The number of aliphatic hydroxyl groups excluding tert-OH is 1. The predicted molar refractivity (Wildman–Crippen MR) is 71.6 cm³/mol. The third-order valence-electron chi connectivity index (χ3n) is 2.94. The maximum Gasteiger partial charge on any atom is 0.137 e. The summed E-state index contributed by atoms with van der Waals surface area (Å²) in [5.74, 6) is 0.514. The fraction of sp³-hybridized carbons (Fsp3) is 0.200. The van der Waals surface area contributed by atoms with Crippen LogP contribution in [0.2, 0.25) is 0 Å². The highest BCUT2D eigenvalue weighted by Crippen LogP contribution is 2.31. The van der Waals surface area contributed by atoms with Gasteiger partial charge in [-0.2, -0.15) is 5.26 Å². The van der Waals surface area contributed by atoms with Crippen LogP contribution in [0.25, 0.3) is 11.1 Å². The van der Waals surface area contributed by atoms with Gasteiger partial charge in [-0.1, -0.05) is 6.07 Å². The van der Waals surface area contributed by atoms with Crippen molar-refractivity contribution < 1.29 is 9.84 Å². The lowest BCUT2D eigenvalue weighted by molar-refractivity contribution is 0.200. The van der Waals surface area contributed by atoms with Gasteiger partial charge in [0, 0.05) is 18.0 Å². The minimum absolute atomic E-state index is 0.480. The summed E-state index contributed by atoms with van der Waals surface area (Å²) in [7, 11) is 1.53. The van der Waals surface area contributed by atoms with E-state index in [2.05, 4.69) is 11.1 Å². The number of hydrogen-bond acceptors (Lipinski definition) is 4. The molecule has 0 bridgehead atoms. The molecule has 2 rings (SSSR count). The van der Waals surface area contributed by atoms with Crippen molar-refractivity contribution in [1.29, 1.82) is 5.26 Å². The number of methoxy groups -OCH3 is 1. The highest BCUT2D eigenvalue weighted by Gasteiger charge is 2.12. The average molecular weight is 254 g/mol. The molecule has 0 spiro atoms. The van der Waals surface area contributed by atoms with E-state index in [4.69, 9.17) is 10.00 Å². The molecule has 1 aromatic carbocycles. The van der Waals surface area contributed by atoms with Gasteiger partial charge in [-0.05, 0) is 36.2 Å². The Bertz CT molecular complexity index is 630. The van der Waals surface area contributed by atoms with Gasteiger partial charge in [0.2, 0.25) is 0 Å². The molecular formula is C15H14N2O2. The fourth-order valence-corrected chi connectivity index (χ4v) is 1.96. The van der Waals surface area contributed by atoms with E-state index in [0.29, 0.717) is 11.3 Å². The maximum absolute atomic E-state index is 9.78. The minimum Gasteiger partial charge on any atom is -0.495 e. The van der Waals surface area contributed by atoms with Crippen molar-refractivity contribution in [1.82, 2.24) is 4.98 Å². The Morgan fingerprint density at radius 3 is 2.79 bits per heavy atom. The Kier molecular flexibility index (Phi) is 3.79. The van der Waals surface area contributed by atoms with Gasteiger partial charge in [-0.25, -0.2) is 0 Å². The SMILES string of the molecule is COc1cc(-c2cnccc2C(C)O)ccc1C#N. The van der Waals surface area contributed by atoms with Crippen molar-refractivity contribution >= 4 is 0 Å². The largest absolute Gasteiger partial charge is 0.495 e.